The molecule has 2 aliphatic rings. The fourth-order valence-electron chi connectivity index (χ4n) is 2.23. The van der Waals surface area contributed by atoms with Crippen molar-refractivity contribution >= 4 is 23.3 Å². The molecule has 0 bridgehead atoms. The van der Waals surface area contributed by atoms with E-state index in [-0.39, 0.29) is 5.91 Å². The highest BCUT2D eigenvalue weighted by atomic mass is 35.5. The summed E-state index contributed by atoms with van der Waals surface area (Å²) in [7, 11) is 0. The third kappa shape index (κ3) is 1.20. The SMILES string of the molecule is O=C1Nc2ncc(Cl)cc2C12C=CCNC2. The van der Waals surface area contributed by atoms with Crippen molar-refractivity contribution in [3.63, 3.8) is 0 Å². The van der Waals surface area contributed by atoms with Crippen molar-refractivity contribution in [3.8, 4) is 0 Å². The van der Waals surface area contributed by atoms with Crippen molar-refractivity contribution in [1.29, 1.82) is 0 Å². The van der Waals surface area contributed by atoms with Crippen molar-refractivity contribution < 1.29 is 4.79 Å². The average molecular weight is 236 g/mol. The Morgan fingerprint density at radius 2 is 2.38 bits per heavy atom. The number of carbonyl (C=O) groups excluding carboxylic acids is 1. The molecule has 3 heterocycles. The van der Waals surface area contributed by atoms with Gasteiger partial charge >= 0.3 is 0 Å². The predicted molar refractivity (Wildman–Crippen MR) is 61.6 cm³/mol. The van der Waals surface area contributed by atoms with Gasteiger partial charge in [-0.15, -0.1) is 0 Å². The molecular weight excluding hydrogens is 226 g/mol. The van der Waals surface area contributed by atoms with Crippen LogP contribution in [0.1, 0.15) is 5.56 Å². The van der Waals surface area contributed by atoms with E-state index in [2.05, 4.69) is 15.6 Å². The third-order valence-corrected chi connectivity index (χ3v) is 3.25. The maximum Gasteiger partial charge on any atom is 0.241 e. The van der Waals surface area contributed by atoms with Crippen molar-refractivity contribution in [2.24, 2.45) is 0 Å². The van der Waals surface area contributed by atoms with Crippen molar-refractivity contribution in [3.05, 3.63) is 35.0 Å². The summed E-state index contributed by atoms with van der Waals surface area (Å²) in [6.07, 6.45) is 5.43. The first kappa shape index (κ1) is 9.81. The summed E-state index contributed by atoms with van der Waals surface area (Å²) in [5.41, 5.74) is 0.222. The highest BCUT2D eigenvalue weighted by molar-refractivity contribution is 6.30. The molecule has 82 valence electrons. The molecule has 3 rings (SSSR count). The van der Waals surface area contributed by atoms with Gasteiger partial charge in [-0.2, -0.15) is 0 Å². The first-order valence-corrected chi connectivity index (χ1v) is 5.46. The van der Waals surface area contributed by atoms with E-state index in [9.17, 15) is 4.79 Å². The Hall–Kier alpha value is -1.39. The zero-order valence-corrected chi connectivity index (χ0v) is 9.21. The van der Waals surface area contributed by atoms with Crippen LogP contribution in [-0.4, -0.2) is 24.0 Å². The summed E-state index contributed by atoms with van der Waals surface area (Å²) >= 11 is 5.93. The summed E-state index contributed by atoms with van der Waals surface area (Å²) in [5, 5.41) is 6.52. The number of hydrogen-bond acceptors (Lipinski definition) is 3. The van der Waals surface area contributed by atoms with Crippen LogP contribution in [0.5, 0.6) is 0 Å². The number of pyridine rings is 1. The lowest BCUT2D eigenvalue weighted by molar-refractivity contribution is -0.119. The summed E-state index contributed by atoms with van der Waals surface area (Å²) in [4.78, 5) is 16.2. The molecule has 0 fully saturated rings. The first-order chi connectivity index (χ1) is 7.72. The van der Waals surface area contributed by atoms with E-state index in [4.69, 9.17) is 11.6 Å². The number of aromatic nitrogens is 1. The molecule has 1 aromatic rings. The zero-order valence-electron chi connectivity index (χ0n) is 8.46. The monoisotopic (exact) mass is 235 g/mol. The van der Waals surface area contributed by atoms with Gasteiger partial charge in [0.2, 0.25) is 5.91 Å². The number of amides is 1. The van der Waals surface area contributed by atoms with Crippen LogP contribution in [0.25, 0.3) is 0 Å². The Morgan fingerprint density at radius 3 is 3.12 bits per heavy atom. The van der Waals surface area contributed by atoms with Crippen LogP contribution in [0, 0.1) is 0 Å². The van der Waals surface area contributed by atoms with Crippen LogP contribution in [0.4, 0.5) is 5.82 Å². The van der Waals surface area contributed by atoms with Gasteiger partial charge in [0.15, 0.2) is 0 Å². The van der Waals surface area contributed by atoms with Crippen LogP contribution < -0.4 is 10.6 Å². The average Bonchev–Trinajstić information content (AvgIpc) is 2.55. The van der Waals surface area contributed by atoms with Crippen LogP contribution in [0.3, 0.4) is 0 Å². The number of carbonyl (C=O) groups is 1. The lowest BCUT2D eigenvalue weighted by atomic mass is 9.80. The minimum absolute atomic E-state index is 0.0410. The molecule has 0 radical (unpaired) electrons. The molecule has 5 heteroatoms. The Balaban J connectivity index is 2.21. The van der Waals surface area contributed by atoms with Gasteiger partial charge in [-0.3, -0.25) is 4.79 Å². The van der Waals surface area contributed by atoms with E-state index in [1.807, 2.05) is 12.2 Å². The minimum Gasteiger partial charge on any atom is -0.312 e. The number of nitrogens with zero attached hydrogens (tertiary/aromatic N) is 1. The van der Waals surface area contributed by atoms with Gasteiger partial charge in [0.1, 0.15) is 11.2 Å². The van der Waals surface area contributed by atoms with Crippen LogP contribution >= 0.6 is 11.6 Å². The maximum atomic E-state index is 12.0. The lowest BCUT2D eigenvalue weighted by Crippen LogP contribution is -2.45. The molecule has 4 nitrogen and oxygen atoms in total. The first-order valence-electron chi connectivity index (χ1n) is 5.08. The van der Waals surface area contributed by atoms with Gasteiger partial charge in [-0.1, -0.05) is 23.8 Å². The normalized spacial score (nSPS) is 26.9. The molecule has 2 N–H and O–H groups in total. The molecule has 0 aromatic carbocycles. The molecule has 1 atom stereocenters. The van der Waals surface area contributed by atoms with Gasteiger partial charge in [0.25, 0.3) is 0 Å². The molecule has 16 heavy (non-hydrogen) atoms. The summed E-state index contributed by atoms with van der Waals surface area (Å²) in [5.74, 6) is 0.573. The van der Waals surface area contributed by atoms with Crippen LogP contribution in [0.15, 0.2) is 24.4 Å². The topological polar surface area (TPSA) is 54.0 Å². The largest absolute Gasteiger partial charge is 0.312 e. The number of halogens is 1. The second-order valence-electron chi connectivity index (χ2n) is 4.01. The highest BCUT2D eigenvalue weighted by Gasteiger charge is 2.46. The van der Waals surface area contributed by atoms with Crippen molar-refractivity contribution in [1.82, 2.24) is 10.3 Å². The lowest BCUT2D eigenvalue weighted by Gasteiger charge is -2.26. The second kappa shape index (κ2) is 3.30. The highest BCUT2D eigenvalue weighted by Crippen LogP contribution is 2.39. The molecule has 1 aromatic heterocycles. The number of rotatable bonds is 0. The van der Waals surface area contributed by atoms with Crippen molar-refractivity contribution in [2.75, 3.05) is 18.4 Å². The van der Waals surface area contributed by atoms with E-state index < -0.39 is 5.41 Å². The van der Waals surface area contributed by atoms with Gasteiger partial charge < -0.3 is 10.6 Å². The smallest absolute Gasteiger partial charge is 0.241 e. The van der Waals surface area contributed by atoms with E-state index in [0.29, 0.717) is 17.4 Å². The Kier molecular flexibility index (Phi) is 2.02. The van der Waals surface area contributed by atoms with Gasteiger partial charge in [0.05, 0.1) is 5.02 Å². The molecule has 1 spiro atoms. The van der Waals surface area contributed by atoms with Crippen LogP contribution in [0.2, 0.25) is 5.02 Å². The standard InChI is InChI=1S/C11H10ClN3O/c12-7-4-8-9(14-5-7)15-10(16)11(8)2-1-3-13-6-11/h1-2,4-5,13H,3,6H2,(H,14,15,16). The van der Waals surface area contributed by atoms with E-state index >= 15 is 0 Å². The molecule has 1 amide bonds. The fraction of sp³-hybridized carbons (Fsp3) is 0.273. The Labute approximate surface area is 97.7 Å². The van der Waals surface area contributed by atoms with Crippen LogP contribution in [-0.2, 0) is 10.2 Å². The molecule has 0 saturated heterocycles. The molecule has 2 aliphatic heterocycles. The van der Waals surface area contributed by atoms with Gasteiger partial charge in [-0.05, 0) is 6.07 Å². The maximum absolute atomic E-state index is 12.0. The molecular formula is C11H10ClN3O. The quantitative estimate of drug-likeness (QED) is 0.662. The fourth-order valence-corrected chi connectivity index (χ4v) is 2.39. The number of fused-ring (bicyclic) bond motifs is 2. The second-order valence-corrected chi connectivity index (χ2v) is 4.44. The minimum atomic E-state index is -0.633. The molecule has 1 unspecified atom stereocenters. The third-order valence-electron chi connectivity index (χ3n) is 3.04. The Bertz CT molecular complexity index is 500. The number of nitrogens with one attached hydrogen (secondary N) is 2. The predicted octanol–water partition coefficient (Wildman–Crippen LogP) is 1.08. The van der Waals surface area contributed by atoms with E-state index in [0.717, 1.165) is 12.1 Å². The van der Waals surface area contributed by atoms with E-state index in [1.165, 1.54) is 0 Å². The number of anilines is 1. The molecule has 0 aliphatic carbocycles. The summed E-state index contributed by atoms with van der Waals surface area (Å²) in [6, 6.07) is 1.80. The Morgan fingerprint density at radius 1 is 1.50 bits per heavy atom. The van der Waals surface area contributed by atoms with E-state index in [1.54, 1.807) is 12.3 Å². The zero-order chi connectivity index (χ0) is 11.2. The summed E-state index contributed by atoms with van der Waals surface area (Å²) < 4.78 is 0. The van der Waals surface area contributed by atoms with Gasteiger partial charge in [0, 0.05) is 24.8 Å². The molecule has 0 saturated carbocycles. The van der Waals surface area contributed by atoms with Crippen molar-refractivity contribution in [2.45, 2.75) is 5.41 Å². The summed E-state index contributed by atoms with van der Waals surface area (Å²) in [6.45, 7) is 1.38. The number of hydrogen-bond donors (Lipinski definition) is 2. The van der Waals surface area contributed by atoms with Gasteiger partial charge in [-0.25, -0.2) is 4.98 Å².